The van der Waals surface area contributed by atoms with Crippen molar-refractivity contribution in [3.8, 4) is 22.6 Å². The maximum atomic E-state index is 13.7. The van der Waals surface area contributed by atoms with Crippen LogP contribution < -0.4 is 19.9 Å². The van der Waals surface area contributed by atoms with E-state index in [2.05, 4.69) is 47.5 Å². The average molecular weight is 556 g/mol. The van der Waals surface area contributed by atoms with E-state index in [4.69, 9.17) is 14.6 Å². The fraction of sp³-hybridized carbons (Fsp3) is 0.188. The molecule has 2 aliphatic rings. The molecule has 2 aliphatic carbocycles. The Hall–Kier alpha value is -4.43. The molecule has 0 fully saturated rings. The van der Waals surface area contributed by atoms with Gasteiger partial charge in [0.25, 0.3) is 0 Å². The lowest BCUT2D eigenvalue weighted by Gasteiger charge is -2.24. The van der Waals surface area contributed by atoms with Gasteiger partial charge in [0.2, 0.25) is 0 Å². The van der Waals surface area contributed by atoms with Crippen LogP contribution in [0.4, 0.5) is 0 Å². The minimum atomic E-state index is -3.59. The maximum absolute atomic E-state index is 13.7. The van der Waals surface area contributed by atoms with E-state index in [0.29, 0.717) is 17.9 Å². The van der Waals surface area contributed by atoms with E-state index in [1.54, 1.807) is 30.3 Å². The Kier molecular flexibility index (Phi) is 7.71. The summed E-state index contributed by atoms with van der Waals surface area (Å²) in [6.07, 6.45) is 8.04. The molecule has 0 spiro atoms. The van der Waals surface area contributed by atoms with Gasteiger partial charge in [0, 0.05) is 12.3 Å². The molecule has 1 N–H and O–H groups in total. The summed E-state index contributed by atoms with van der Waals surface area (Å²) >= 11 is 0. The minimum absolute atomic E-state index is 0.0810. The monoisotopic (exact) mass is 555 g/mol. The number of aromatic carboxylic acids is 1. The molecule has 1 aromatic heterocycles. The van der Waals surface area contributed by atoms with Gasteiger partial charge in [-0.25, -0.2) is 18.2 Å². The van der Waals surface area contributed by atoms with Crippen molar-refractivity contribution < 1.29 is 27.8 Å². The number of carbonyl (C=O) groups is 1. The van der Waals surface area contributed by atoms with Gasteiger partial charge in [-0.2, -0.15) is 0 Å². The van der Waals surface area contributed by atoms with E-state index < -0.39 is 21.1 Å². The normalized spacial score (nSPS) is 15.0. The lowest BCUT2D eigenvalue weighted by molar-refractivity contribution is 0.0690. The maximum Gasteiger partial charge on any atom is 0.354 e. The van der Waals surface area contributed by atoms with Gasteiger partial charge in [-0.15, -0.1) is 0 Å². The summed E-state index contributed by atoms with van der Waals surface area (Å²) in [6.45, 7) is 0. The summed E-state index contributed by atoms with van der Waals surface area (Å²) in [7, 11) is -0.538. The Labute approximate surface area is 233 Å². The molecule has 40 heavy (non-hydrogen) atoms. The van der Waals surface area contributed by atoms with Gasteiger partial charge >= 0.3 is 5.97 Å². The quantitative estimate of drug-likeness (QED) is 0.385. The number of benzene rings is 3. The van der Waals surface area contributed by atoms with Gasteiger partial charge < -0.3 is 14.6 Å². The molecule has 0 aliphatic heterocycles. The van der Waals surface area contributed by atoms with Gasteiger partial charge in [-0.1, -0.05) is 54.6 Å². The summed E-state index contributed by atoms with van der Waals surface area (Å²) in [6, 6.07) is 22.1. The number of carboxylic acids is 1. The van der Waals surface area contributed by atoms with E-state index >= 15 is 0 Å². The van der Waals surface area contributed by atoms with Gasteiger partial charge in [0.15, 0.2) is 21.3 Å². The molecule has 204 valence electrons. The Morgan fingerprint density at radius 2 is 1.65 bits per heavy atom. The highest BCUT2D eigenvalue weighted by Crippen LogP contribution is 2.37. The third-order valence-corrected chi connectivity index (χ3v) is 9.37. The zero-order chi connectivity index (χ0) is 28.3. The van der Waals surface area contributed by atoms with Crippen molar-refractivity contribution in [2.75, 3.05) is 14.2 Å². The molecule has 8 heteroatoms. The number of methoxy groups -OCH3 is 2. The summed E-state index contributed by atoms with van der Waals surface area (Å²) in [5.41, 5.74) is 4.69. The molecule has 1 heterocycles. The smallest absolute Gasteiger partial charge is 0.354 e. The molecular weight excluding hydrogens is 526 g/mol. The van der Waals surface area contributed by atoms with Gasteiger partial charge in [-0.3, -0.25) is 0 Å². The molecule has 0 radical (unpaired) electrons. The first-order chi connectivity index (χ1) is 19.3. The Balaban J connectivity index is 0.000000306. The van der Waals surface area contributed by atoms with Crippen LogP contribution in [0.15, 0.2) is 83.9 Å². The fourth-order valence-electron chi connectivity index (χ4n) is 5.29. The molecule has 3 aromatic carbocycles. The van der Waals surface area contributed by atoms with Gasteiger partial charge in [-0.05, 0) is 76.2 Å². The number of hydrogen-bond acceptors (Lipinski definition) is 6. The predicted octanol–water partition coefficient (Wildman–Crippen LogP) is 4.58. The molecule has 0 saturated heterocycles. The first kappa shape index (κ1) is 27.1. The van der Waals surface area contributed by atoms with E-state index in [9.17, 15) is 13.2 Å². The number of nitrogens with zero attached hydrogens (tertiary/aromatic N) is 1. The number of rotatable bonds is 5. The van der Waals surface area contributed by atoms with Gasteiger partial charge in [0.05, 0.1) is 24.4 Å². The van der Waals surface area contributed by atoms with E-state index in [0.717, 1.165) is 28.8 Å². The van der Waals surface area contributed by atoms with E-state index in [-0.39, 0.29) is 10.6 Å². The SMILES string of the molecule is COc1ccc(S(=O)(=O)C2CCC=c3c2ccc2c3=CCc3ccccc3-2)cc1OC.O=C(O)c1ccccn1. The van der Waals surface area contributed by atoms with Crippen LogP contribution in [0.1, 0.15) is 39.7 Å². The van der Waals surface area contributed by atoms with Gasteiger partial charge in [0.1, 0.15) is 5.69 Å². The zero-order valence-corrected chi connectivity index (χ0v) is 23.0. The molecule has 7 nitrogen and oxygen atoms in total. The van der Waals surface area contributed by atoms with Crippen molar-refractivity contribution in [3.05, 3.63) is 106 Å². The lowest BCUT2D eigenvalue weighted by atomic mass is 9.87. The number of ether oxygens (including phenoxy) is 2. The summed E-state index contributed by atoms with van der Waals surface area (Å²) in [5, 5.41) is 9.96. The molecular formula is C32H29NO6S. The largest absolute Gasteiger partial charge is 0.493 e. The molecule has 4 aromatic rings. The molecule has 0 bridgehead atoms. The van der Waals surface area contributed by atoms with Crippen LogP contribution in [0.2, 0.25) is 0 Å². The van der Waals surface area contributed by atoms with Crippen LogP contribution in [0.5, 0.6) is 11.5 Å². The molecule has 0 saturated carbocycles. The molecule has 6 rings (SSSR count). The predicted molar refractivity (Wildman–Crippen MR) is 154 cm³/mol. The standard InChI is InChI=1S/C26H24O4S.C6H5NO2/c1-29-24-15-11-18(16-25(24)30-2)31(27,28)26-9-5-8-20-22-12-10-17-6-3-4-7-19(17)21(22)13-14-23(20)26;8-6(9)5-3-1-2-4-7-5/h3-4,6-8,11-16,26H,5,9-10H2,1-2H3;1-4H,(H,8,9). The highest BCUT2D eigenvalue weighted by atomic mass is 32.2. The van der Waals surface area contributed by atoms with E-state index in [1.165, 1.54) is 43.2 Å². The van der Waals surface area contributed by atoms with Crippen LogP contribution in [0.25, 0.3) is 23.3 Å². The van der Waals surface area contributed by atoms with Crippen molar-refractivity contribution in [1.29, 1.82) is 0 Å². The molecule has 0 amide bonds. The first-order valence-corrected chi connectivity index (χ1v) is 14.4. The Morgan fingerprint density at radius 3 is 2.35 bits per heavy atom. The third-order valence-electron chi connectivity index (χ3n) is 7.22. The topological polar surface area (TPSA) is 103 Å². The summed E-state index contributed by atoms with van der Waals surface area (Å²) in [5.74, 6) is -0.0571. The Bertz CT molecular complexity index is 1800. The fourth-order valence-corrected chi connectivity index (χ4v) is 7.14. The van der Waals surface area contributed by atoms with Crippen LogP contribution in [-0.2, 0) is 16.3 Å². The number of aromatic nitrogens is 1. The van der Waals surface area contributed by atoms with Crippen molar-refractivity contribution in [1.82, 2.24) is 4.98 Å². The number of hydrogen-bond donors (Lipinski definition) is 1. The summed E-state index contributed by atoms with van der Waals surface area (Å²) < 4.78 is 37.9. The summed E-state index contributed by atoms with van der Waals surface area (Å²) in [4.78, 5) is 14.0. The number of fused-ring (bicyclic) bond motifs is 5. The molecule has 1 atom stereocenters. The van der Waals surface area contributed by atoms with Crippen LogP contribution >= 0.6 is 0 Å². The van der Waals surface area contributed by atoms with Crippen molar-refractivity contribution >= 4 is 28.0 Å². The highest BCUT2D eigenvalue weighted by molar-refractivity contribution is 7.91. The molecule has 1 unspecified atom stereocenters. The van der Waals surface area contributed by atoms with Crippen molar-refractivity contribution in [2.45, 2.75) is 29.4 Å². The number of carboxylic acid groups (broad SMARTS) is 1. The second-order valence-corrected chi connectivity index (χ2v) is 11.6. The Morgan fingerprint density at radius 1 is 0.875 bits per heavy atom. The van der Waals surface area contributed by atoms with Crippen LogP contribution in [0, 0.1) is 0 Å². The lowest BCUT2D eigenvalue weighted by Crippen LogP contribution is -2.37. The average Bonchev–Trinajstić information content (AvgIpc) is 3.00. The number of sulfone groups is 1. The zero-order valence-electron chi connectivity index (χ0n) is 22.2. The second kappa shape index (κ2) is 11.4. The van der Waals surface area contributed by atoms with Crippen LogP contribution in [-0.4, -0.2) is 38.7 Å². The highest BCUT2D eigenvalue weighted by Gasteiger charge is 2.32. The minimum Gasteiger partial charge on any atom is -0.493 e. The first-order valence-electron chi connectivity index (χ1n) is 12.9. The van der Waals surface area contributed by atoms with Crippen molar-refractivity contribution in [3.63, 3.8) is 0 Å². The van der Waals surface area contributed by atoms with Crippen molar-refractivity contribution in [2.24, 2.45) is 0 Å². The van der Waals surface area contributed by atoms with Crippen LogP contribution in [0.3, 0.4) is 0 Å². The third kappa shape index (κ3) is 5.10. The number of pyridine rings is 1. The van der Waals surface area contributed by atoms with E-state index in [1.807, 2.05) is 6.07 Å². The second-order valence-electron chi connectivity index (χ2n) is 9.45.